The molecule has 0 aromatic heterocycles. The molecule has 4 nitrogen and oxygen atoms in total. The highest BCUT2D eigenvalue weighted by Crippen LogP contribution is 2.47. The Hall–Kier alpha value is -2.41. The normalized spacial score (nSPS) is 31.7. The average Bonchev–Trinajstić information content (AvgIpc) is 2.52. The second-order valence-corrected chi connectivity index (χ2v) is 5.71. The molecule has 1 saturated heterocycles. The van der Waals surface area contributed by atoms with Gasteiger partial charge in [-0.1, -0.05) is 37.3 Å². The van der Waals surface area contributed by atoms with Gasteiger partial charge in [0.15, 0.2) is 5.78 Å². The zero-order valence-corrected chi connectivity index (χ0v) is 11.8. The van der Waals surface area contributed by atoms with Crippen LogP contribution in [0.2, 0.25) is 0 Å². The third-order valence-electron chi connectivity index (χ3n) is 4.73. The number of hydrogen-bond donors (Lipinski definition) is 1. The Morgan fingerprint density at radius 1 is 1.29 bits per heavy atom. The lowest BCUT2D eigenvalue weighted by molar-refractivity contribution is -0.133. The molecule has 1 aliphatic heterocycles. The standard InChI is InChI=1S/C17H16N2O2/c1-11-14-7-8-19-16(21)17(14,9-12(10-18)15(11)20)13-5-3-2-4-6-13/h2-6,9,11,14H,7-8H2,1H3,(H,19,21)/t11-,14-,17+/m1/s1. The number of nitrogens with zero attached hydrogens (tertiary/aromatic N) is 1. The predicted octanol–water partition coefficient (Wildman–Crippen LogP) is 1.73. The molecular formula is C17H16N2O2. The maximum Gasteiger partial charge on any atom is 0.234 e. The summed E-state index contributed by atoms with van der Waals surface area (Å²) in [5.74, 6) is -0.685. The first kappa shape index (κ1) is 13.6. The molecule has 0 bridgehead atoms. The molecule has 0 unspecified atom stereocenters. The van der Waals surface area contributed by atoms with E-state index < -0.39 is 5.41 Å². The van der Waals surface area contributed by atoms with E-state index >= 15 is 0 Å². The molecule has 3 rings (SSSR count). The van der Waals surface area contributed by atoms with E-state index in [1.54, 1.807) is 6.08 Å². The summed E-state index contributed by atoms with van der Waals surface area (Å²) < 4.78 is 0. The van der Waals surface area contributed by atoms with E-state index in [0.29, 0.717) is 6.54 Å². The van der Waals surface area contributed by atoms with Crippen molar-refractivity contribution in [3.05, 3.63) is 47.5 Å². The minimum Gasteiger partial charge on any atom is -0.355 e. The number of hydrogen-bond acceptors (Lipinski definition) is 3. The fourth-order valence-corrected chi connectivity index (χ4v) is 3.66. The van der Waals surface area contributed by atoms with Gasteiger partial charge in [0.25, 0.3) is 0 Å². The molecule has 3 atom stereocenters. The number of allylic oxidation sites excluding steroid dienone is 1. The predicted molar refractivity (Wildman–Crippen MR) is 77.1 cm³/mol. The van der Waals surface area contributed by atoms with Crippen LogP contribution in [-0.2, 0) is 15.0 Å². The lowest BCUT2D eigenvalue weighted by Gasteiger charge is -2.46. The Kier molecular flexibility index (Phi) is 3.13. The Morgan fingerprint density at radius 3 is 2.67 bits per heavy atom. The number of rotatable bonds is 1. The largest absolute Gasteiger partial charge is 0.355 e. The molecule has 2 aliphatic rings. The van der Waals surface area contributed by atoms with Gasteiger partial charge >= 0.3 is 0 Å². The molecule has 1 fully saturated rings. The van der Waals surface area contributed by atoms with Crippen molar-refractivity contribution >= 4 is 11.7 Å². The van der Waals surface area contributed by atoms with Crippen LogP contribution in [-0.4, -0.2) is 18.2 Å². The first-order valence-corrected chi connectivity index (χ1v) is 7.12. The fraction of sp³-hybridized carbons (Fsp3) is 0.353. The number of carbonyl (C=O) groups is 2. The lowest BCUT2D eigenvalue weighted by atomic mass is 9.57. The van der Waals surface area contributed by atoms with Gasteiger partial charge in [-0.3, -0.25) is 9.59 Å². The summed E-state index contributed by atoms with van der Waals surface area (Å²) in [5, 5.41) is 12.1. The van der Waals surface area contributed by atoms with Crippen LogP contribution in [0, 0.1) is 23.2 Å². The second kappa shape index (κ2) is 4.85. The Morgan fingerprint density at radius 2 is 2.00 bits per heavy atom. The minimum absolute atomic E-state index is 0.0969. The van der Waals surface area contributed by atoms with Crippen LogP contribution in [0.1, 0.15) is 18.9 Å². The van der Waals surface area contributed by atoms with E-state index in [4.69, 9.17) is 0 Å². The van der Waals surface area contributed by atoms with Gasteiger partial charge in [0.1, 0.15) is 6.07 Å². The van der Waals surface area contributed by atoms with Gasteiger partial charge in [0.2, 0.25) is 5.91 Å². The maximum atomic E-state index is 12.7. The van der Waals surface area contributed by atoms with E-state index in [0.717, 1.165) is 12.0 Å². The monoisotopic (exact) mass is 280 g/mol. The molecule has 0 saturated carbocycles. The Bertz CT molecular complexity index is 672. The number of carbonyl (C=O) groups excluding carboxylic acids is 2. The molecule has 1 N–H and O–H groups in total. The molecular weight excluding hydrogens is 264 g/mol. The topological polar surface area (TPSA) is 70.0 Å². The summed E-state index contributed by atoms with van der Waals surface area (Å²) in [5.41, 5.74) is 0.0386. The summed E-state index contributed by atoms with van der Waals surface area (Å²) in [7, 11) is 0. The number of amides is 1. The molecule has 106 valence electrons. The SMILES string of the molecule is C[C@H]1C(=O)C(C#N)=C[C@@]2(c3ccccc3)C(=O)NCC[C@H]12. The summed E-state index contributed by atoms with van der Waals surface area (Å²) >= 11 is 0. The molecule has 1 aromatic rings. The molecule has 21 heavy (non-hydrogen) atoms. The van der Waals surface area contributed by atoms with Gasteiger partial charge in [-0.15, -0.1) is 0 Å². The third kappa shape index (κ3) is 1.81. The highest BCUT2D eigenvalue weighted by molar-refractivity contribution is 6.06. The van der Waals surface area contributed by atoms with Crippen LogP contribution in [0.4, 0.5) is 0 Å². The Balaban J connectivity index is 2.28. The number of nitriles is 1. The first-order chi connectivity index (χ1) is 10.1. The van der Waals surface area contributed by atoms with Gasteiger partial charge in [0.05, 0.1) is 11.0 Å². The van der Waals surface area contributed by atoms with E-state index in [9.17, 15) is 14.9 Å². The number of nitrogens with one attached hydrogen (secondary N) is 1. The minimum atomic E-state index is -0.905. The first-order valence-electron chi connectivity index (χ1n) is 7.12. The van der Waals surface area contributed by atoms with Crippen molar-refractivity contribution in [2.24, 2.45) is 11.8 Å². The summed E-state index contributed by atoms with van der Waals surface area (Å²) in [6.45, 7) is 2.40. The lowest BCUT2D eigenvalue weighted by Crippen LogP contribution is -2.58. The van der Waals surface area contributed by atoms with E-state index in [1.165, 1.54) is 0 Å². The number of piperidine rings is 1. The molecule has 4 heteroatoms. The average molecular weight is 280 g/mol. The second-order valence-electron chi connectivity index (χ2n) is 5.71. The molecule has 0 radical (unpaired) electrons. The van der Waals surface area contributed by atoms with E-state index in [2.05, 4.69) is 5.32 Å². The van der Waals surface area contributed by atoms with Crippen LogP contribution in [0.25, 0.3) is 0 Å². The van der Waals surface area contributed by atoms with Crippen LogP contribution >= 0.6 is 0 Å². The van der Waals surface area contributed by atoms with Gasteiger partial charge in [-0.25, -0.2) is 0 Å². The van der Waals surface area contributed by atoms with Crippen LogP contribution in [0.5, 0.6) is 0 Å². The van der Waals surface area contributed by atoms with Gasteiger partial charge in [0, 0.05) is 12.5 Å². The van der Waals surface area contributed by atoms with Gasteiger partial charge < -0.3 is 5.32 Å². The van der Waals surface area contributed by atoms with Gasteiger partial charge in [-0.05, 0) is 24.0 Å². The van der Waals surface area contributed by atoms with Crippen molar-refractivity contribution in [1.82, 2.24) is 5.32 Å². The quantitative estimate of drug-likeness (QED) is 0.851. The molecule has 1 heterocycles. The van der Waals surface area contributed by atoms with Crippen LogP contribution in [0.15, 0.2) is 42.0 Å². The Labute approximate surface area is 123 Å². The van der Waals surface area contributed by atoms with E-state index in [1.807, 2.05) is 43.3 Å². The number of fused-ring (bicyclic) bond motifs is 1. The molecule has 1 amide bonds. The third-order valence-corrected chi connectivity index (χ3v) is 4.73. The van der Waals surface area contributed by atoms with Crippen LogP contribution in [0.3, 0.4) is 0 Å². The van der Waals surface area contributed by atoms with Crippen LogP contribution < -0.4 is 5.32 Å². The number of benzene rings is 1. The molecule has 1 aromatic carbocycles. The zero-order chi connectivity index (χ0) is 15.0. The van der Waals surface area contributed by atoms with Crippen molar-refractivity contribution in [3.63, 3.8) is 0 Å². The highest BCUT2D eigenvalue weighted by atomic mass is 16.2. The zero-order valence-electron chi connectivity index (χ0n) is 11.8. The smallest absolute Gasteiger partial charge is 0.234 e. The summed E-state index contributed by atoms with van der Waals surface area (Å²) in [6.07, 6.45) is 2.33. The van der Waals surface area contributed by atoms with Crippen molar-refractivity contribution in [2.75, 3.05) is 6.54 Å². The highest BCUT2D eigenvalue weighted by Gasteiger charge is 2.54. The molecule has 1 aliphatic carbocycles. The summed E-state index contributed by atoms with van der Waals surface area (Å²) in [6, 6.07) is 11.4. The number of ketones is 1. The van der Waals surface area contributed by atoms with E-state index in [-0.39, 0.29) is 29.1 Å². The van der Waals surface area contributed by atoms with Gasteiger partial charge in [-0.2, -0.15) is 5.26 Å². The van der Waals surface area contributed by atoms with Crippen molar-refractivity contribution < 1.29 is 9.59 Å². The van der Waals surface area contributed by atoms with Crippen molar-refractivity contribution in [2.45, 2.75) is 18.8 Å². The summed E-state index contributed by atoms with van der Waals surface area (Å²) in [4.78, 5) is 25.0. The van der Waals surface area contributed by atoms with Crippen molar-refractivity contribution in [1.29, 1.82) is 5.26 Å². The number of Topliss-reactive ketones (excluding diaryl/α,β-unsaturated/α-hetero) is 1. The molecule has 0 spiro atoms. The fourth-order valence-electron chi connectivity index (χ4n) is 3.66. The maximum absolute atomic E-state index is 12.7. The van der Waals surface area contributed by atoms with Crippen molar-refractivity contribution in [3.8, 4) is 6.07 Å².